The van der Waals surface area contributed by atoms with E-state index in [9.17, 15) is 0 Å². The van der Waals surface area contributed by atoms with Gasteiger partial charge in [0.2, 0.25) is 0 Å². The van der Waals surface area contributed by atoms with Crippen molar-refractivity contribution in [1.29, 1.82) is 0 Å². The van der Waals surface area contributed by atoms with Crippen LogP contribution in [0.5, 0.6) is 0 Å². The maximum absolute atomic E-state index is 4.96. The van der Waals surface area contributed by atoms with Gasteiger partial charge in [-0.15, -0.1) is 11.3 Å². The molecule has 262 valence electrons. The lowest BCUT2D eigenvalue weighted by atomic mass is 10.0. The van der Waals surface area contributed by atoms with Crippen LogP contribution in [-0.4, -0.2) is 19.5 Å². The molecular weight excluding hydrogens is 701 g/mol. The van der Waals surface area contributed by atoms with Crippen molar-refractivity contribution in [1.82, 2.24) is 19.5 Å². The van der Waals surface area contributed by atoms with Gasteiger partial charge in [0, 0.05) is 53.3 Å². The van der Waals surface area contributed by atoms with Gasteiger partial charge in [0.25, 0.3) is 0 Å². The van der Waals surface area contributed by atoms with Crippen molar-refractivity contribution in [2.75, 3.05) is 0 Å². The first-order valence-electron chi connectivity index (χ1n) is 18.8. The normalized spacial score (nSPS) is 11.6. The van der Waals surface area contributed by atoms with Crippen LogP contribution in [0.25, 0.3) is 104 Å². The lowest BCUT2D eigenvalue weighted by Crippen LogP contribution is -2.00. The zero-order valence-electron chi connectivity index (χ0n) is 30.2. The predicted octanol–water partition coefficient (Wildman–Crippen LogP) is 13.7. The SMILES string of the molecule is c1ccc(-c2ccc3c4c5sc6c(-c7ccc(-c8nc(-c9ccccc9)nc(-c9ccccc9)n8)cc7)cccc6c5ccc4n(-c4ccccc4)c3c2)cc1. The van der Waals surface area contributed by atoms with Crippen molar-refractivity contribution in [3.63, 3.8) is 0 Å². The number of thiophene rings is 1. The van der Waals surface area contributed by atoms with Gasteiger partial charge in [-0.25, -0.2) is 15.0 Å². The fourth-order valence-electron chi connectivity index (χ4n) is 7.99. The van der Waals surface area contributed by atoms with Crippen molar-refractivity contribution in [2.45, 2.75) is 0 Å². The molecule has 11 rings (SSSR count). The third kappa shape index (κ3) is 5.40. The molecule has 3 heterocycles. The van der Waals surface area contributed by atoms with E-state index in [4.69, 9.17) is 15.0 Å². The molecule has 0 radical (unpaired) electrons. The average Bonchev–Trinajstić information content (AvgIpc) is 3.83. The molecule has 3 aromatic heterocycles. The quantitative estimate of drug-likeness (QED) is 0.171. The van der Waals surface area contributed by atoms with Gasteiger partial charge >= 0.3 is 0 Å². The van der Waals surface area contributed by atoms with Gasteiger partial charge < -0.3 is 4.57 Å². The van der Waals surface area contributed by atoms with Gasteiger partial charge in [0.1, 0.15) is 0 Å². The summed E-state index contributed by atoms with van der Waals surface area (Å²) in [6.07, 6.45) is 0. The predicted molar refractivity (Wildman–Crippen MR) is 234 cm³/mol. The van der Waals surface area contributed by atoms with Crippen LogP contribution in [0.1, 0.15) is 0 Å². The van der Waals surface area contributed by atoms with Crippen molar-refractivity contribution in [2.24, 2.45) is 0 Å². The first kappa shape index (κ1) is 32.2. The highest BCUT2D eigenvalue weighted by Gasteiger charge is 2.20. The molecule has 0 unspecified atom stereocenters. The Hall–Kier alpha value is -7.21. The Morgan fingerprint density at radius 1 is 0.339 bits per heavy atom. The molecule has 0 saturated carbocycles. The molecule has 0 aliphatic carbocycles. The molecule has 0 saturated heterocycles. The van der Waals surface area contributed by atoms with Crippen molar-refractivity contribution >= 4 is 53.3 Å². The summed E-state index contributed by atoms with van der Waals surface area (Å²) in [7, 11) is 0. The first-order chi connectivity index (χ1) is 27.8. The summed E-state index contributed by atoms with van der Waals surface area (Å²) in [5.41, 5.74) is 11.2. The number of hydrogen-bond donors (Lipinski definition) is 0. The van der Waals surface area contributed by atoms with Crippen LogP contribution in [0.3, 0.4) is 0 Å². The maximum atomic E-state index is 4.96. The second kappa shape index (κ2) is 13.3. The molecule has 0 amide bonds. The summed E-state index contributed by atoms with van der Waals surface area (Å²) in [4.78, 5) is 14.8. The van der Waals surface area contributed by atoms with E-state index in [1.807, 2.05) is 72.0 Å². The molecule has 0 fully saturated rings. The molecule has 0 bridgehead atoms. The molecule has 56 heavy (non-hydrogen) atoms. The molecule has 11 aromatic rings. The van der Waals surface area contributed by atoms with Crippen molar-refractivity contribution < 1.29 is 0 Å². The first-order valence-corrected chi connectivity index (χ1v) is 19.6. The molecule has 8 aromatic carbocycles. The van der Waals surface area contributed by atoms with Gasteiger partial charge in [-0.3, -0.25) is 0 Å². The molecule has 4 nitrogen and oxygen atoms in total. The Morgan fingerprint density at radius 3 is 1.46 bits per heavy atom. The van der Waals surface area contributed by atoms with Gasteiger partial charge in [-0.1, -0.05) is 170 Å². The highest BCUT2D eigenvalue weighted by atomic mass is 32.1. The highest BCUT2D eigenvalue weighted by molar-refractivity contribution is 7.27. The average molecular weight is 733 g/mol. The van der Waals surface area contributed by atoms with E-state index < -0.39 is 0 Å². The Labute approximate surface area is 327 Å². The lowest BCUT2D eigenvalue weighted by molar-refractivity contribution is 1.07. The maximum Gasteiger partial charge on any atom is 0.164 e. The number of hydrogen-bond acceptors (Lipinski definition) is 4. The molecule has 5 heteroatoms. The van der Waals surface area contributed by atoms with Crippen molar-refractivity contribution in [3.05, 3.63) is 194 Å². The molecule has 0 aliphatic rings. The number of nitrogens with zero attached hydrogens (tertiary/aromatic N) is 4. The van der Waals surface area contributed by atoms with E-state index in [1.54, 1.807) is 0 Å². The Kier molecular flexibility index (Phi) is 7.64. The number of rotatable bonds is 6. The number of aromatic nitrogens is 4. The Morgan fingerprint density at radius 2 is 0.839 bits per heavy atom. The standard InChI is InChI=1S/C51H32N4S/c1-5-14-33(15-6-1)38-28-29-43-45(32-38)55(39-20-11-4-12-21-39)44-31-30-42-41-23-13-22-40(47(41)56-48(42)46(43)44)34-24-26-37(27-25-34)51-53-49(35-16-7-2-8-17-35)52-50(54-51)36-18-9-3-10-19-36/h1-32H. The summed E-state index contributed by atoms with van der Waals surface area (Å²) in [5.74, 6) is 1.96. The van der Waals surface area contributed by atoms with E-state index in [-0.39, 0.29) is 0 Å². The fraction of sp³-hybridized carbons (Fsp3) is 0. The summed E-state index contributed by atoms with van der Waals surface area (Å²) >= 11 is 1.89. The summed E-state index contributed by atoms with van der Waals surface area (Å²) < 4.78 is 5.01. The second-order valence-corrected chi connectivity index (χ2v) is 15.0. The second-order valence-electron chi connectivity index (χ2n) is 14.0. The van der Waals surface area contributed by atoms with Gasteiger partial charge in [-0.05, 0) is 46.5 Å². The minimum Gasteiger partial charge on any atom is -0.309 e. The monoisotopic (exact) mass is 732 g/mol. The fourth-order valence-corrected chi connectivity index (χ4v) is 9.38. The van der Waals surface area contributed by atoms with E-state index in [2.05, 4.69) is 138 Å². The number of fused-ring (bicyclic) bond motifs is 7. The van der Waals surface area contributed by atoms with E-state index in [0.29, 0.717) is 17.5 Å². The minimum atomic E-state index is 0.650. The Balaban J connectivity index is 1.06. The minimum absolute atomic E-state index is 0.650. The van der Waals surface area contributed by atoms with Crippen LogP contribution < -0.4 is 0 Å². The smallest absolute Gasteiger partial charge is 0.164 e. The van der Waals surface area contributed by atoms with Crippen LogP contribution in [0.15, 0.2) is 194 Å². The van der Waals surface area contributed by atoms with E-state index >= 15 is 0 Å². The largest absolute Gasteiger partial charge is 0.309 e. The van der Waals surface area contributed by atoms with Crippen LogP contribution >= 0.6 is 11.3 Å². The molecule has 0 spiro atoms. The summed E-state index contributed by atoms with van der Waals surface area (Å²) in [6.45, 7) is 0. The molecular formula is C51H32N4S. The number of para-hydroxylation sites is 1. The third-order valence-electron chi connectivity index (χ3n) is 10.7. The van der Waals surface area contributed by atoms with E-state index in [0.717, 1.165) is 27.9 Å². The van der Waals surface area contributed by atoms with Gasteiger partial charge in [-0.2, -0.15) is 0 Å². The van der Waals surface area contributed by atoms with Gasteiger partial charge in [0.15, 0.2) is 17.5 Å². The van der Waals surface area contributed by atoms with Gasteiger partial charge in [0.05, 0.1) is 11.0 Å². The van der Waals surface area contributed by atoms with Crippen LogP contribution in [0.4, 0.5) is 0 Å². The number of benzene rings is 8. The zero-order valence-corrected chi connectivity index (χ0v) is 31.0. The van der Waals surface area contributed by atoms with Crippen LogP contribution in [0.2, 0.25) is 0 Å². The topological polar surface area (TPSA) is 43.6 Å². The summed E-state index contributed by atoms with van der Waals surface area (Å²) in [6, 6.07) is 68.5. The molecule has 0 aliphatic heterocycles. The van der Waals surface area contributed by atoms with Crippen molar-refractivity contribution in [3.8, 4) is 62.1 Å². The van der Waals surface area contributed by atoms with Crippen LogP contribution in [-0.2, 0) is 0 Å². The zero-order chi connectivity index (χ0) is 37.0. The summed E-state index contributed by atoms with van der Waals surface area (Å²) in [5, 5.41) is 5.10. The Bertz CT molecular complexity index is 3150. The van der Waals surface area contributed by atoms with E-state index in [1.165, 1.54) is 58.7 Å². The molecule has 0 N–H and O–H groups in total. The third-order valence-corrected chi connectivity index (χ3v) is 11.9. The molecule has 0 atom stereocenters. The highest BCUT2D eigenvalue weighted by Crippen LogP contribution is 2.46. The van der Waals surface area contributed by atoms with Crippen LogP contribution in [0, 0.1) is 0 Å². The lowest BCUT2D eigenvalue weighted by Gasteiger charge is -2.09.